The molecule has 1 fully saturated rings. The van der Waals surface area contributed by atoms with Crippen molar-refractivity contribution in [2.45, 2.75) is 51.6 Å². The van der Waals surface area contributed by atoms with Gasteiger partial charge >= 0.3 is 0 Å². The lowest BCUT2D eigenvalue weighted by molar-refractivity contribution is 0.156. The molecule has 2 N–H and O–H groups in total. The second kappa shape index (κ2) is 6.06. The van der Waals surface area contributed by atoms with Crippen molar-refractivity contribution in [2.24, 2.45) is 0 Å². The molecular formula is C15H24N2. The fraction of sp³-hybridized carbons (Fsp3) is 0.600. The number of anilines is 1. The summed E-state index contributed by atoms with van der Waals surface area (Å²) in [6.45, 7) is 4.49. The fourth-order valence-corrected chi connectivity index (χ4v) is 2.80. The Labute approximate surface area is 105 Å². The zero-order chi connectivity index (χ0) is 12.1. The molecule has 2 rings (SSSR count). The number of nitrogen functional groups attached to an aromatic ring is 1. The smallest absolute Gasteiger partial charge is 0.0314 e. The summed E-state index contributed by atoms with van der Waals surface area (Å²) in [7, 11) is 0. The van der Waals surface area contributed by atoms with Crippen molar-refractivity contribution < 1.29 is 0 Å². The van der Waals surface area contributed by atoms with E-state index in [-0.39, 0.29) is 0 Å². The molecule has 0 saturated heterocycles. The molecule has 0 amide bonds. The average Bonchev–Trinajstić information content (AvgIpc) is 2.39. The number of nitrogens with zero attached hydrogens (tertiary/aromatic N) is 1. The van der Waals surface area contributed by atoms with Crippen molar-refractivity contribution in [1.29, 1.82) is 0 Å². The van der Waals surface area contributed by atoms with Gasteiger partial charge in [-0.2, -0.15) is 0 Å². The van der Waals surface area contributed by atoms with E-state index in [2.05, 4.69) is 24.0 Å². The van der Waals surface area contributed by atoms with Crippen molar-refractivity contribution in [3.05, 3.63) is 29.8 Å². The molecule has 2 heteroatoms. The van der Waals surface area contributed by atoms with Crippen LogP contribution in [0, 0.1) is 0 Å². The van der Waals surface area contributed by atoms with E-state index in [1.54, 1.807) is 0 Å². The topological polar surface area (TPSA) is 29.3 Å². The van der Waals surface area contributed by atoms with Gasteiger partial charge in [-0.3, -0.25) is 4.90 Å². The Bertz CT molecular complexity index is 325. The highest BCUT2D eigenvalue weighted by atomic mass is 15.1. The second-order valence-electron chi connectivity index (χ2n) is 5.10. The number of nitrogens with two attached hydrogens (primary N) is 1. The van der Waals surface area contributed by atoms with Crippen LogP contribution in [0.4, 0.5) is 5.69 Å². The van der Waals surface area contributed by atoms with Gasteiger partial charge in [0.1, 0.15) is 0 Å². The normalized spacial score (nSPS) is 17.5. The van der Waals surface area contributed by atoms with E-state index >= 15 is 0 Å². The van der Waals surface area contributed by atoms with Gasteiger partial charge < -0.3 is 5.73 Å². The fourth-order valence-electron chi connectivity index (χ4n) is 2.80. The Kier molecular flexibility index (Phi) is 4.43. The van der Waals surface area contributed by atoms with Crippen LogP contribution >= 0.6 is 0 Å². The first kappa shape index (κ1) is 12.4. The minimum atomic E-state index is 0.798. The van der Waals surface area contributed by atoms with Gasteiger partial charge in [0, 0.05) is 18.3 Å². The van der Waals surface area contributed by atoms with Crippen LogP contribution in [0.1, 0.15) is 44.6 Å². The lowest BCUT2D eigenvalue weighted by Crippen LogP contribution is -2.36. The molecule has 0 spiro atoms. The molecule has 94 valence electrons. The summed E-state index contributed by atoms with van der Waals surface area (Å²) < 4.78 is 0. The van der Waals surface area contributed by atoms with E-state index in [9.17, 15) is 0 Å². The summed E-state index contributed by atoms with van der Waals surface area (Å²) in [6, 6.07) is 9.11. The first-order valence-corrected chi connectivity index (χ1v) is 6.88. The molecule has 2 nitrogen and oxygen atoms in total. The maximum Gasteiger partial charge on any atom is 0.0314 e. The van der Waals surface area contributed by atoms with Crippen molar-refractivity contribution in [1.82, 2.24) is 4.90 Å². The Morgan fingerprint density at radius 3 is 2.35 bits per heavy atom. The second-order valence-corrected chi connectivity index (χ2v) is 5.10. The van der Waals surface area contributed by atoms with E-state index in [0.717, 1.165) is 24.8 Å². The third kappa shape index (κ3) is 3.47. The van der Waals surface area contributed by atoms with Crippen LogP contribution in [0.15, 0.2) is 24.3 Å². The monoisotopic (exact) mass is 232 g/mol. The largest absolute Gasteiger partial charge is 0.399 e. The molecule has 1 aliphatic carbocycles. The Hall–Kier alpha value is -1.02. The molecule has 0 aliphatic heterocycles. The highest BCUT2D eigenvalue weighted by Crippen LogP contribution is 2.23. The van der Waals surface area contributed by atoms with E-state index in [1.165, 1.54) is 37.7 Å². The Balaban J connectivity index is 1.96. The summed E-state index contributed by atoms with van der Waals surface area (Å²) in [5.74, 6) is 0. The highest BCUT2D eigenvalue weighted by Gasteiger charge is 2.19. The standard InChI is InChI=1S/C15H24N2/c1-2-17(15-6-4-3-5-7-15)12-13-8-10-14(16)11-9-13/h8-11,15H,2-7,12,16H2,1H3. The SMILES string of the molecule is CCN(Cc1ccc(N)cc1)C1CCCCC1. The molecular weight excluding hydrogens is 208 g/mol. The van der Waals surface area contributed by atoms with Gasteiger partial charge in [0.25, 0.3) is 0 Å². The van der Waals surface area contributed by atoms with E-state index < -0.39 is 0 Å². The van der Waals surface area contributed by atoms with Crippen molar-refractivity contribution in [2.75, 3.05) is 12.3 Å². The van der Waals surface area contributed by atoms with Crippen LogP contribution in [0.3, 0.4) is 0 Å². The maximum absolute atomic E-state index is 5.72. The van der Waals surface area contributed by atoms with Crippen LogP contribution in [0.2, 0.25) is 0 Å². The molecule has 0 aromatic heterocycles. The molecule has 17 heavy (non-hydrogen) atoms. The van der Waals surface area contributed by atoms with Gasteiger partial charge in [0.05, 0.1) is 0 Å². The van der Waals surface area contributed by atoms with Crippen LogP contribution < -0.4 is 5.73 Å². The summed E-state index contributed by atoms with van der Waals surface area (Å²) in [5.41, 5.74) is 7.96. The molecule has 0 atom stereocenters. The van der Waals surface area contributed by atoms with Gasteiger partial charge in [-0.05, 0) is 37.1 Å². The summed E-state index contributed by atoms with van der Waals surface area (Å²) in [5, 5.41) is 0. The third-order valence-corrected chi connectivity index (χ3v) is 3.86. The predicted octanol–water partition coefficient (Wildman–Crippen LogP) is 3.42. The highest BCUT2D eigenvalue weighted by molar-refractivity contribution is 5.39. The molecule has 0 bridgehead atoms. The minimum absolute atomic E-state index is 0.798. The van der Waals surface area contributed by atoms with Crippen LogP contribution in [0.25, 0.3) is 0 Å². The Morgan fingerprint density at radius 2 is 1.76 bits per heavy atom. The van der Waals surface area contributed by atoms with Gasteiger partial charge in [0.15, 0.2) is 0 Å². The van der Waals surface area contributed by atoms with Crippen LogP contribution in [-0.4, -0.2) is 17.5 Å². The number of hydrogen-bond donors (Lipinski definition) is 1. The van der Waals surface area contributed by atoms with Crippen molar-refractivity contribution in [3.63, 3.8) is 0 Å². The quantitative estimate of drug-likeness (QED) is 0.806. The lowest BCUT2D eigenvalue weighted by atomic mass is 9.94. The van der Waals surface area contributed by atoms with Crippen LogP contribution in [0.5, 0.6) is 0 Å². The molecule has 0 heterocycles. The number of hydrogen-bond acceptors (Lipinski definition) is 2. The molecule has 1 aliphatic rings. The predicted molar refractivity (Wildman–Crippen MR) is 73.8 cm³/mol. The van der Waals surface area contributed by atoms with E-state index in [4.69, 9.17) is 5.73 Å². The van der Waals surface area contributed by atoms with Crippen molar-refractivity contribution in [3.8, 4) is 0 Å². The zero-order valence-electron chi connectivity index (χ0n) is 10.9. The first-order chi connectivity index (χ1) is 8.29. The van der Waals surface area contributed by atoms with Gasteiger partial charge in [-0.1, -0.05) is 38.3 Å². The van der Waals surface area contributed by atoms with Crippen molar-refractivity contribution >= 4 is 5.69 Å². The summed E-state index contributed by atoms with van der Waals surface area (Å²) >= 11 is 0. The lowest BCUT2D eigenvalue weighted by Gasteiger charge is -2.33. The number of benzene rings is 1. The molecule has 1 aromatic rings. The summed E-state index contributed by atoms with van der Waals surface area (Å²) in [4.78, 5) is 2.62. The molecule has 0 radical (unpaired) electrons. The van der Waals surface area contributed by atoms with Gasteiger partial charge in [-0.15, -0.1) is 0 Å². The molecule has 1 saturated carbocycles. The number of rotatable bonds is 4. The molecule has 1 aromatic carbocycles. The minimum Gasteiger partial charge on any atom is -0.399 e. The first-order valence-electron chi connectivity index (χ1n) is 6.88. The van der Waals surface area contributed by atoms with E-state index in [0.29, 0.717) is 0 Å². The summed E-state index contributed by atoms with van der Waals surface area (Å²) in [6.07, 6.45) is 6.99. The van der Waals surface area contributed by atoms with Gasteiger partial charge in [-0.25, -0.2) is 0 Å². The molecule has 0 unspecified atom stereocenters. The Morgan fingerprint density at radius 1 is 1.12 bits per heavy atom. The zero-order valence-corrected chi connectivity index (χ0v) is 10.9. The van der Waals surface area contributed by atoms with E-state index in [1.807, 2.05) is 12.1 Å². The third-order valence-electron chi connectivity index (χ3n) is 3.86. The average molecular weight is 232 g/mol. The van der Waals surface area contributed by atoms with Crippen LogP contribution in [-0.2, 0) is 6.54 Å². The van der Waals surface area contributed by atoms with Gasteiger partial charge in [0.2, 0.25) is 0 Å². The maximum atomic E-state index is 5.72.